The summed E-state index contributed by atoms with van der Waals surface area (Å²) >= 11 is 12.3. The third-order valence-corrected chi connectivity index (χ3v) is 6.09. The monoisotopic (exact) mass is 478 g/mol. The number of carbonyl (C=O) groups excluding carboxylic acids is 1. The molecule has 2 aromatic carbocycles. The summed E-state index contributed by atoms with van der Waals surface area (Å²) in [6.45, 7) is -0.0670. The number of aliphatic hydroxyl groups excluding tert-OH is 1. The molecule has 1 aromatic heterocycles. The number of benzene rings is 2. The maximum Gasteiger partial charge on any atom is 0.335 e. The minimum absolute atomic E-state index is 0.0881. The van der Waals surface area contributed by atoms with Crippen LogP contribution in [0.1, 0.15) is 11.1 Å². The Hall–Kier alpha value is -2.72. The van der Waals surface area contributed by atoms with Crippen molar-refractivity contribution < 1.29 is 18.3 Å². The third kappa shape index (κ3) is 4.09. The van der Waals surface area contributed by atoms with E-state index in [9.17, 15) is 18.3 Å². The van der Waals surface area contributed by atoms with Gasteiger partial charge in [-0.05, 0) is 35.9 Å². The molecule has 1 N–H and O–H groups in total. The summed E-state index contributed by atoms with van der Waals surface area (Å²) < 4.78 is 24.0. The van der Waals surface area contributed by atoms with Crippen LogP contribution < -0.4 is 9.80 Å². The van der Waals surface area contributed by atoms with E-state index < -0.39 is 15.9 Å². The molecule has 0 spiro atoms. The summed E-state index contributed by atoms with van der Waals surface area (Å²) in [5, 5.41) is 9.65. The quantitative estimate of drug-likeness (QED) is 0.569. The minimum Gasteiger partial charge on any atom is -0.392 e. The van der Waals surface area contributed by atoms with E-state index in [1.165, 1.54) is 22.1 Å². The van der Waals surface area contributed by atoms with Gasteiger partial charge in [0.1, 0.15) is 0 Å². The summed E-state index contributed by atoms with van der Waals surface area (Å²) in [5.74, 6) is 0.165. The molecule has 0 unspecified atom stereocenters. The van der Waals surface area contributed by atoms with Gasteiger partial charge in [-0.15, -0.1) is 0 Å². The zero-order valence-corrected chi connectivity index (χ0v) is 18.5. The van der Waals surface area contributed by atoms with Crippen LogP contribution in [0.5, 0.6) is 0 Å². The Bertz CT molecular complexity index is 1280. The molecule has 3 aromatic rings. The largest absolute Gasteiger partial charge is 0.392 e. The lowest BCUT2D eigenvalue weighted by atomic mass is 10.1. The Kier molecular flexibility index (Phi) is 5.61. The highest BCUT2D eigenvalue weighted by Gasteiger charge is 2.35. The lowest BCUT2D eigenvalue weighted by Gasteiger charge is -2.36. The Morgan fingerprint density at radius 3 is 2.45 bits per heavy atom. The van der Waals surface area contributed by atoms with E-state index in [1.54, 1.807) is 36.4 Å². The summed E-state index contributed by atoms with van der Waals surface area (Å²) in [6.07, 6.45) is 2.39. The van der Waals surface area contributed by atoms with Gasteiger partial charge in [0.2, 0.25) is 15.0 Å². The second kappa shape index (κ2) is 8.08. The number of anilines is 3. The van der Waals surface area contributed by atoms with E-state index in [0.717, 1.165) is 6.26 Å². The van der Waals surface area contributed by atoms with Crippen molar-refractivity contribution in [2.24, 2.45) is 0 Å². The molecule has 31 heavy (non-hydrogen) atoms. The van der Waals surface area contributed by atoms with Gasteiger partial charge in [0, 0.05) is 23.0 Å². The molecule has 0 atom stereocenters. The van der Waals surface area contributed by atoms with Crippen LogP contribution in [0.3, 0.4) is 0 Å². The smallest absolute Gasteiger partial charge is 0.335 e. The normalized spacial score (nSPS) is 14.0. The number of hydrogen-bond acceptors (Lipinski definition) is 6. The Morgan fingerprint density at radius 1 is 1.13 bits per heavy atom. The van der Waals surface area contributed by atoms with Crippen molar-refractivity contribution in [1.82, 2.24) is 9.97 Å². The molecular formula is C20H16Cl2N4O4S. The van der Waals surface area contributed by atoms with E-state index in [2.05, 4.69) is 9.97 Å². The van der Waals surface area contributed by atoms with Crippen LogP contribution in [0.15, 0.2) is 53.8 Å². The van der Waals surface area contributed by atoms with Crippen molar-refractivity contribution in [2.45, 2.75) is 18.3 Å². The van der Waals surface area contributed by atoms with Crippen LogP contribution in [-0.4, -0.2) is 35.8 Å². The minimum atomic E-state index is -3.69. The number of urea groups is 1. The van der Waals surface area contributed by atoms with Crippen LogP contribution in [0.2, 0.25) is 10.0 Å². The molecule has 11 heteroatoms. The SMILES string of the molecule is CS(=O)(=O)c1ncc2c(n1)N(c1ccc(CO)cc1)C(=O)N(c1ccc(Cl)cc1Cl)C2. The highest BCUT2D eigenvalue weighted by atomic mass is 35.5. The summed E-state index contributed by atoms with van der Waals surface area (Å²) in [7, 11) is -3.69. The molecule has 2 heterocycles. The molecule has 4 rings (SSSR count). The number of carbonyl (C=O) groups is 1. The molecule has 0 radical (unpaired) electrons. The number of sulfone groups is 1. The maximum atomic E-state index is 13.5. The van der Waals surface area contributed by atoms with Gasteiger partial charge in [-0.1, -0.05) is 35.3 Å². The number of hydrogen-bond donors (Lipinski definition) is 1. The zero-order chi connectivity index (χ0) is 22.3. The number of aromatic nitrogens is 2. The first-order valence-corrected chi connectivity index (χ1v) is 11.7. The van der Waals surface area contributed by atoms with Gasteiger partial charge in [-0.3, -0.25) is 4.90 Å². The first kappa shape index (κ1) is 21.5. The highest BCUT2D eigenvalue weighted by Crippen LogP contribution is 2.38. The van der Waals surface area contributed by atoms with Crippen molar-refractivity contribution in [1.29, 1.82) is 0 Å². The molecule has 160 valence electrons. The molecule has 0 bridgehead atoms. The summed E-state index contributed by atoms with van der Waals surface area (Å²) in [6, 6.07) is 10.9. The number of aliphatic hydroxyl groups is 1. The Balaban J connectivity index is 1.90. The van der Waals surface area contributed by atoms with Gasteiger partial charge >= 0.3 is 6.03 Å². The standard InChI is InChI=1S/C20H16Cl2N4O4S/c1-31(29,30)19-23-9-13-10-25(17-7-4-14(21)8-16(17)22)20(28)26(18(13)24-19)15-5-2-12(11-27)3-6-15/h2-9,27H,10-11H2,1H3. The predicted octanol–water partition coefficient (Wildman–Crippen LogP) is 3.96. The van der Waals surface area contributed by atoms with Crippen LogP contribution >= 0.6 is 23.2 Å². The van der Waals surface area contributed by atoms with Crippen LogP contribution in [0.4, 0.5) is 22.0 Å². The molecule has 0 saturated carbocycles. The molecule has 1 aliphatic heterocycles. The summed E-state index contributed by atoms with van der Waals surface area (Å²) in [5.41, 5.74) is 2.07. The fourth-order valence-electron chi connectivity index (χ4n) is 3.19. The van der Waals surface area contributed by atoms with Gasteiger partial charge < -0.3 is 5.11 Å². The summed E-state index contributed by atoms with van der Waals surface area (Å²) in [4.78, 5) is 24.4. The second-order valence-electron chi connectivity index (χ2n) is 6.90. The van der Waals surface area contributed by atoms with E-state index in [-0.39, 0.29) is 29.1 Å². The van der Waals surface area contributed by atoms with E-state index in [4.69, 9.17) is 23.2 Å². The van der Waals surface area contributed by atoms with Crippen molar-refractivity contribution in [3.8, 4) is 0 Å². The average Bonchev–Trinajstić information content (AvgIpc) is 2.73. The van der Waals surface area contributed by atoms with E-state index in [0.29, 0.717) is 27.5 Å². The first-order valence-electron chi connectivity index (χ1n) is 9.01. The number of amides is 2. The second-order valence-corrected chi connectivity index (χ2v) is 9.65. The van der Waals surface area contributed by atoms with Crippen molar-refractivity contribution in [3.05, 3.63) is 69.8 Å². The molecule has 2 amide bonds. The van der Waals surface area contributed by atoms with Gasteiger partial charge in [-0.25, -0.2) is 23.1 Å². The number of halogens is 2. The fourth-order valence-corrected chi connectivity index (χ4v) is 4.19. The van der Waals surface area contributed by atoms with Gasteiger partial charge in [0.15, 0.2) is 5.82 Å². The number of nitrogens with zero attached hydrogens (tertiary/aromatic N) is 4. The first-order chi connectivity index (χ1) is 14.7. The lowest BCUT2D eigenvalue weighted by Crippen LogP contribution is -2.45. The molecular weight excluding hydrogens is 463 g/mol. The zero-order valence-electron chi connectivity index (χ0n) is 16.2. The van der Waals surface area contributed by atoms with Gasteiger partial charge in [0.05, 0.1) is 29.5 Å². The van der Waals surface area contributed by atoms with E-state index in [1.807, 2.05) is 0 Å². The molecule has 0 aliphatic carbocycles. The molecule has 0 saturated heterocycles. The molecule has 0 fully saturated rings. The van der Waals surface area contributed by atoms with Crippen LogP contribution in [0, 0.1) is 0 Å². The predicted molar refractivity (Wildman–Crippen MR) is 118 cm³/mol. The number of fused-ring (bicyclic) bond motifs is 1. The van der Waals surface area contributed by atoms with Gasteiger partial charge in [-0.2, -0.15) is 4.98 Å². The topological polar surface area (TPSA) is 104 Å². The van der Waals surface area contributed by atoms with Crippen LogP contribution in [0.25, 0.3) is 0 Å². The van der Waals surface area contributed by atoms with Crippen molar-refractivity contribution in [3.63, 3.8) is 0 Å². The lowest BCUT2D eigenvalue weighted by molar-refractivity contribution is 0.252. The maximum absolute atomic E-state index is 13.5. The van der Waals surface area contributed by atoms with Gasteiger partial charge in [0.25, 0.3) is 0 Å². The average molecular weight is 479 g/mol. The van der Waals surface area contributed by atoms with Crippen molar-refractivity contribution in [2.75, 3.05) is 16.1 Å². The Labute approximate surface area is 188 Å². The number of rotatable bonds is 4. The van der Waals surface area contributed by atoms with Crippen molar-refractivity contribution >= 4 is 56.3 Å². The molecule has 8 nitrogen and oxygen atoms in total. The van der Waals surface area contributed by atoms with Crippen LogP contribution in [-0.2, 0) is 23.0 Å². The molecule has 1 aliphatic rings. The van der Waals surface area contributed by atoms with E-state index >= 15 is 0 Å². The third-order valence-electron chi connectivity index (χ3n) is 4.69. The fraction of sp³-hybridized carbons (Fsp3) is 0.150. The highest BCUT2D eigenvalue weighted by molar-refractivity contribution is 7.90. The Morgan fingerprint density at radius 2 is 1.84 bits per heavy atom.